The van der Waals surface area contributed by atoms with Crippen molar-refractivity contribution >= 4 is 33.0 Å². The Morgan fingerprint density at radius 3 is 2.56 bits per heavy atom. The minimum atomic E-state index is -3.84. The Morgan fingerprint density at radius 2 is 1.89 bits per heavy atom. The SMILES string of the molecule is COC[C@H]1COc2c(ccnc2Cl)-c2nnc(CS(=O)(=O)[C@@H](C)[C@@H](OC(C)C)c3ncc(Cl)cn3)n21. The van der Waals surface area contributed by atoms with Gasteiger partial charge in [0, 0.05) is 25.7 Å². The van der Waals surface area contributed by atoms with Crippen LogP contribution in [0, 0.1) is 0 Å². The second-order valence-corrected chi connectivity index (χ2v) is 11.7. The van der Waals surface area contributed by atoms with E-state index in [1.165, 1.54) is 18.6 Å². The Kier molecular flexibility index (Phi) is 8.10. The summed E-state index contributed by atoms with van der Waals surface area (Å²) in [5.41, 5.74) is 0.563. The Labute approximate surface area is 219 Å². The van der Waals surface area contributed by atoms with Crippen LogP contribution in [0.1, 0.15) is 44.6 Å². The molecule has 1 aliphatic heterocycles. The summed E-state index contributed by atoms with van der Waals surface area (Å²) in [5.74, 6) is 0.845. The van der Waals surface area contributed by atoms with Gasteiger partial charge in [-0.2, -0.15) is 0 Å². The van der Waals surface area contributed by atoms with Crippen LogP contribution in [0.3, 0.4) is 0 Å². The van der Waals surface area contributed by atoms with Crippen molar-refractivity contribution in [3.8, 4) is 17.1 Å². The van der Waals surface area contributed by atoms with Crippen molar-refractivity contribution in [1.82, 2.24) is 29.7 Å². The molecule has 0 radical (unpaired) electrons. The standard InChI is InChI=1S/C22H26Cl2N6O5S/c1-12(2)35-18(21-26-7-14(23)8-27-21)13(3)36(31,32)11-17-28-29-22-16-5-6-25-20(24)19(16)34-10-15(9-33-4)30(17)22/h5-8,12-13,15,18H,9-11H2,1-4H3/t13-,15-,18+/m0/s1. The van der Waals surface area contributed by atoms with Crippen molar-refractivity contribution in [2.24, 2.45) is 0 Å². The lowest BCUT2D eigenvalue weighted by molar-refractivity contribution is 0.00142. The highest BCUT2D eigenvalue weighted by molar-refractivity contribution is 7.91. The number of ether oxygens (including phenoxy) is 3. The lowest BCUT2D eigenvalue weighted by Crippen LogP contribution is -2.32. The molecule has 1 aliphatic rings. The van der Waals surface area contributed by atoms with Gasteiger partial charge in [-0.1, -0.05) is 23.2 Å². The summed E-state index contributed by atoms with van der Waals surface area (Å²) >= 11 is 12.2. The molecule has 11 nitrogen and oxygen atoms in total. The zero-order chi connectivity index (χ0) is 26.0. The number of pyridine rings is 1. The molecule has 3 atom stereocenters. The molecule has 194 valence electrons. The minimum Gasteiger partial charge on any atom is -0.487 e. The van der Waals surface area contributed by atoms with Crippen molar-refractivity contribution in [3.63, 3.8) is 0 Å². The molecule has 0 aliphatic carbocycles. The van der Waals surface area contributed by atoms with Crippen LogP contribution in [0.15, 0.2) is 24.7 Å². The summed E-state index contributed by atoms with van der Waals surface area (Å²) < 4.78 is 46.3. The normalized spacial score (nSPS) is 17.1. The second-order valence-electron chi connectivity index (χ2n) is 8.59. The van der Waals surface area contributed by atoms with Crippen molar-refractivity contribution < 1.29 is 22.6 Å². The van der Waals surface area contributed by atoms with Crippen molar-refractivity contribution in [2.75, 3.05) is 20.3 Å². The first-order chi connectivity index (χ1) is 17.1. The van der Waals surface area contributed by atoms with Crippen LogP contribution in [0.4, 0.5) is 0 Å². The number of fused-ring (bicyclic) bond motifs is 3. The van der Waals surface area contributed by atoms with Gasteiger partial charge in [0.05, 0.1) is 34.6 Å². The first-order valence-corrected chi connectivity index (χ1v) is 13.6. The zero-order valence-corrected chi connectivity index (χ0v) is 22.5. The zero-order valence-electron chi connectivity index (χ0n) is 20.1. The molecule has 0 saturated carbocycles. The van der Waals surface area contributed by atoms with Crippen molar-refractivity contribution in [2.45, 2.75) is 50.0 Å². The minimum absolute atomic E-state index is 0.164. The molecular weight excluding hydrogens is 531 g/mol. The van der Waals surface area contributed by atoms with Gasteiger partial charge in [0.25, 0.3) is 0 Å². The summed E-state index contributed by atoms with van der Waals surface area (Å²) in [6, 6.07) is 1.30. The van der Waals surface area contributed by atoms with Crippen molar-refractivity contribution in [3.05, 3.63) is 46.5 Å². The predicted octanol–water partition coefficient (Wildman–Crippen LogP) is 3.49. The van der Waals surface area contributed by atoms with Gasteiger partial charge in [-0.15, -0.1) is 10.2 Å². The summed E-state index contributed by atoms with van der Waals surface area (Å²) in [5, 5.41) is 8.06. The van der Waals surface area contributed by atoms with E-state index in [-0.39, 0.29) is 36.1 Å². The topological polar surface area (TPSA) is 131 Å². The molecule has 14 heteroatoms. The average molecular weight is 557 g/mol. The van der Waals surface area contributed by atoms with Crippen LogP contribution in [-0.4, -0.2) is 69.8 Å². The van der Waals surface area contributed by atoms with Gasteiger partial charge >= 0.3 is 0 Å². The molecule has 0 spiro atoms. The number of aromatic nitrogens is 6. The van der Waals surface area contributed by atoms with Gasteiger partial charge in [-0.3, -0.25) is 0 Å². The molecule has 0 amide bonds. The fourth-order valence-electron chi connectivity index (χ4n) is 3.94. The highest BCUT2D eigenvalue weighted by atomic mass is 35.5. The Balaban J connectivity index is 1.72. The molecule has 0 bridgehead atoms. The van der Waals surface area contributed by atoms with Gasteiger partial charge in [0.15, 0.2) is 32.4 Å². The number of methoxy groups -OCH3 is 1. The molecule has 0 N–H and O–H groups in total. The number of hydrogen-bond donors (Lipinski definition) is 0. The third-order valence-corrected chi connectivity index (χ3v) is 8.15. The van der Waals surface area contributed by atoms with Crippen LogP contribution in [0.25, 0.3) is 11.4 Å². The molecule has 0 unspecified atom stereocenters. The second kappa shape index (κ2) is 10.9. The van der Waals surface area contributed by atoms with Gasteiger partial charge < -0.3 is 18.8 Å². The van der Waals surface area contributed by atoms with E-state index in [1.54, 1.807) is 24.7 Å². The molecule has 0 aromatic carbocycles. The lowest BCUT2D eigenvalue weighted by Gasteiger charge is -2.25. The Morgan fingerprint density at radius 1 is 1.17 bits per heavy atom. The number of nitrogens with zero attached hydrogens (tertiary/aromatic N) is 6. The average Bonchev–Trinajstić information content (AvgIpc) is 3.15. The molecule has 4 heterocycles. The van der Waals surface area contributed by atoms with Gasteiger partial charge in [-0.25, -0.2) is 23.4 Å². The highest BCUT2D eigenvalue weighted by Gasteiger charge is 2.37. The maximum atomic E-state index is 13.7. The van der Waals surface area contributed by atoms with E-state index >= 15 is 0 Å². The third kappa shape index (κ3) is 5.47. The third-order valence-electron chi connectivity index (χ3n) is 5.65. The molecule has 0 fully saturated rings. The molecule has 3 aromatic heterocycles. The first-order valence-electron chi connectivity index (χ1n) is 11.2. The van der Waals surface area contributed by atoms with E-state index in [0.717, 1.165) is 0 Å². The van der Waals surface area contributed by atoms with E-state index in [2.05, 4.69) is 25.1 Å². The van der Waals surface area contributed by atoms with Crippen LogP contribution in [0.2, 0.25) is 10.2 Å². The monoisotopic (exact) mass is 556 g/mol. The van der Waals surface area contributed by atoms with E-state index in [9.17, 15) is 8.42 Å². The number of halogens is 2. The molecule has 36 heavy (non-hydrogen) atoms. The predicted molar refractivity (Wildman–Crippen MR) is 133 cm³/mol. The quantitative estimate of drug-likeness (QED) is 0.360. The van der Waals surface area contributed by atoms with Crippen LogP contribution < -0.4 is 4.74 Å². The maximum absolute atomic E-state index is 13.7. The number of rotatable bonds is 9. The lowest BCUT2D eigenvalue weighted by atomic mass is 10.2. The van der Waals surface area contributed by atoms with Gasteiger partial charge in [0.2, 0.25) is 0 Å². The first kappa shape index (κ1) is 26.7. The summed E-state index contributed by atoms with van der Waals surface area (Å²) in [4.78, 5) is 12.5. The van der Waals surface area contributed by atoms with E-state index in [1.807, 2.05) is 13.8 Å². The maximum Gasteiger partial charge on any atom is 0.171 e. The molecule has 3 aromatic rings. The van der Waals surface area contributed by atoms with E-state index in [0.29, 0.717) is 22.2 Å². The fraction of sp³-hybridized carbons (Fsp3) is 0.500. The Hall–Kier alpha value is -2.38. The molecule has 4 rings (SSSR count). The summed E-state index contributed by atoms with van der Waals surface area (Å²) in [6.07, 6.45) is 3.16. The molecular formula is C22H26Cl2N6O5S. The van der Waals surface area contributed by atoms with Crippen molar-refractivity contribution in [1.29, 1.82) is 0 Å². The van der Waals surface area contributed by atoms with E-state index in [4.69, 9.17) is 37.4 Å². The van der Waals surface area contributed by atoms with Crippen LogP contribution in [0.5, 0.6) is 5.75 Å². The molecule has 0 saturated heterocycles. The number of sulfone groups is 1. The van der Waals surface area contributed by atoms with Gasteiger partial charge in [0.1, 0.15) is 24.3 Å². The highest BCUT2D eigenvalue weighted by Crippen LogP contribution is 2.39. The summed E-state index contributed by atoms with van der Waals surface area (Å²) in [6.45, 7) is 5.60. The van der Waals surface area contributed by atoms with Crippen LogP contribution >= 0.6 is 23.2 Å². The van der Waals surface area contributed by atoms with Crippen LogP contribution in [-0.2, 0) is 25.1 Å². The smallest absolute Gasteiger partial charge is 0.171 e. The largest absolute Gasteiger partial charge is 0.487 e. The van der Waals surface area contributed by atoms with Gasteiger partial charge in [-0.05, 0) is 26.8 Å². The Bertz CT molecular complexity index is 1320. The fourth-order valence-corrected chi connectivity index (χ4v) is 5.63. The summed E-state index contributed by atoms with van der Waals surface area (Å²) in [7, 11) is -2.29. The van der Waals surface area contributed by atoms with E-state index < -0.39 is 33.0 Å². The number of hydrogen-bond acceptors (Lipinski definition) is 10.